The highest BCUT2D eigenvalue weighted by Gasteiger charge is 2.30. The van der Waals surface area contributed by atoms with Crippen LogP contribution < -0.4 is 5.73 Å². The molecule has 2 N–H and O–H groups in total. The van der Waals surface area contributed by atoms with Gasteiger partial charge in [-0.3, -0.25) is 9.78 Å². The largest absolute Gasteiger partial charge is 0.398 e. The summed E-state index contributed by atoms with van der Waals surface area (Å²) in [6, 6.07) is 11.7. The van der Waals surface area contributed by atoms with Crippen LogP contribution in [0, 0.1) is 0 Å². The van der Waals surface area contributed by atoms with Crippen molar-refractivity contribution in [3.63, 3.8) is 0 Å². The Morgan fingerprint density at radius 2 is 2.14 bits per heavy atom. The number of pyridine rings is 1. The molecule has 4 nitrogen and oxygen atoms in total. The third-order valence-corrected chi connectivity index (χ3v) is 4.04. The molecule has 0 saturated carbocycles. The predicted octanol–water partition coefficient (Wildman–Crippen LogP) is 2.57. The number of carbonyl (C=O) groups excluding carboxylic acids is 1. The van der Waals surface area contributed by atoms with Crippen molar-refractivity contribution < 1.29 is 4.79 Å². The van der Waals surface area contributed by atoms with Crippen molar-refractivity contribution in [1.29, 1.82) is 0 Å². The van der Waals surface area contributed by atoms with Crippen LogP contribution in [0.3, 0.4) is 0 Å². The highest BCUT2D eigenvalue weighted by Crippen LogP contribution is 2.32. The van der Waals surface area contributed by atoms with E-state index in [-0.39, 0.29) is 11.9 Å². The van der Waals surface area contributed by atoms with Crippen LogP contribution in [0.4, 0.5) is 5.69 Å². The number of hydrogen-bond donors (Lipinski definition) is 1. The second-order valence-electron chi connectivity index (χ2n) is 5.41. The highest BCUT2D eigenvalue weighted by molar-refractivity contribution is 5.81. The zero-order valence-corrected chi connectivity index (χ0v) is 11.9. The van der Waals surface area contributed by atoms with Crippen LogP contribution in [-0.2, 0) is 11.2 Å². The van der Waals surface area contributed by atoms with Gasteiger partial charge in [-0.25, -0.2) is 0 Å². The number of rotatable bonds is 3. The summed E-state index contributed by atoms with van der Waals surface area (Å²) < 4.78 is 0. The van der Waals surface area contributed by atoms with Crippen LogP contribution in [-0.4, -0.2) is 22.3 Å². The lowest BCUT2D eigenvalue weighted by atomic mass is 10.1. The number of hydrogen-bond acceptors (Lipinski definition) is 3. The molecular weight excluding hydrogens is 262 g/mol. The first-order valence-electron chi connectivity index (χ1n) is 7.28. The van der Waals surface area contributed by atoms with Gasteiger partial charge in [-0.05, 0) is 36.1 Å². The van der Waals surface area contributed by atoms with E-state index < -0.39 is 0 Å². The molecule has 1 aliphatic heterocycles. The number of carbonyl (C=O) groups is 1. The van der Waals surface area contributed by atoms with E-state index in [1.54, 1.807) is 6.20 Å². The van der Waals surface area contributed by atoms with Gasteiger partial charge >= 0.3 is 0 Å². The van der Waals surface area contributed by atoms with Crippen molar-refractivity contribution in [2.45, 2.75) is 25.3 Å². The van der Waals surface area contributed by atoms with Crippen molar-refractivity contribution in [3.05, 3.63) is 59.9 Å². The quantitative estimate of drug-likeness (QED) is 0.880. The molecule has 1 amide bonds. The summed E-state index contributed by atoms with van der Waals surface area (Å²) in [5.74, 6) is 0.138. The minimum absolute atomic E-state index is 0.138. The van der Waals surface area contributed by atoms with Crippen LogP contribution in [0.5, 0.6) is 0 Å². The van der Waals surface area contributed by atoms with Gasteiger partial charge in [0.1, 0.15) is 0 Å². The Kier molecular flexibility index (Phi) is 3.86. The Balaban J connectivity index is 1.76. The van der Waals surface area contributed by atoms with Crippen LogP contribution >= 0.6 is 0 Å². The van der Waals surface area contributed by atoms with E-state index in [9.17, 15) is 4.79 Å². The molecular formula is C17H19N3O. The summed E-state index contributed by atoms with van der Waals surface area (Å²) in [4.78, 5) is 18.7. The first-order valence-corrected chi connectivity index (χ1v) is 7.28. The minimum atomic E-state index is 0.138. The molecule has 1 aliphatic rings. The normalized spacial score (nSPS) is 17.9. The van der Waals surface area contributed by atoms with Gasteiger partial charge in [0.05, 0.1) is 12.5 Å². The summed E-state index contributed by atoms with van der Waals surface area (Å²) in [6.07, 6.45) is 6.02. The number of para-hydroxylation sites is 1. The Hall–Kier alpha value is -2.36. The average Bonchev–Trinajstić information content (AvgIpc) is 3.00. The fraction of sp³-hybridized carbons (Fsp3) is 0.294. The molecule has 2 heterocycles. The smallest absolute Gasteiger partial charge is 0.227 e. The number of nitrogens with zero attached hydrogens (tertiary/aromatic N) is 2. The molecule has 0 radical (unpaired) electrons. The lowest BCUT2D eigenvalue weighted by Crippen LogP contribution is -2.32. The summed E-state index contributed by atoms with van der Waals surface area (Å²) in [7, 11) is 0. The van der Waals surface area contributed by atoms with Gasteiger partial charge in [-0.1, -0.05) is 24.3 Å². The third-order valence-electron chi connectivity index (χ3n) is 4.04. The van der Waals surface area contributed by atoms with Crippen molar-refractivity contribution in [3.8, 4) is 0 Å². The van der Waals surface area contributed by atoms with Crippen molar-refractivity contribution in [1.82, 2.24) is 9.88 Å². The second kappa shape index (κ2) is 5.95. The predicted molar refractivity (Wildman–Crippen MR) is 82.5 cm³/mol. The van der Waals surface area contributed by atoms with E-state index in [0.717, 1.165) is 30.5 Å². The van der Waals surface area contributed by atoms with E-state index in [1.807, 2.05) is 47.5 Å². The van der Waals surface area contributed by atoms with E-state index in [0.29, 0.717) is 12.1 Å². The molecule has 1 fully saturated rings. The maximum Gasteiger partial charge on any atom is 0.227 e. The Morgan fingerprint density at radius 1 is 1.29 bits per heavy atom. The molecule has 1 aromatic heterocycles. The number of nitrogen functional groups attached to an aromatic ring is 1. The van der Waals surface area contributed by atoms with E-state index in [1.165, 1.54) is 0 Å². The number of aromatic nitrogens is 1. The van der Waals surface area contributed by atoms with Crippen molar-refractivity contribution in [2.24, 2.45) is 0 Å². The fourth-order valence-electron chi connectivity index (χ4n) is 2.94. The Morgan fingerprint density at radius 3 is 2.90 bits per heavy atom. The number of nitrogens with two attached hydrogens (primary N) is 1. The van der Waals surface area contributed by atoms with Gasteiger partial charge in [-0.2, -0.15) is 0 Å². The maximum absolute atomic E-state index is 12.6. The summed E-state index contributed by atoms with van der Waals surface area (Å²) in [5, 5.41) is 0. The van der Waals surface area contributed by atoms with Crippen LogP contribution in [0.1, 0.15) is 30.0 Å². The molecule has 1 atom stereocenters. The zero-order valence-electron chi connectivity index (χ0n) is 11.9. The molecule has 3 rings (SSSR count). The van der Waals surface area contributed by atoms with Gasteiger partial charge in [0.15, 0.2) is 0 Å². The lowest BCUT2D eigenvalue weighted by molar-refractivity contribution is -0.131. The van der Waals surface area contributed by atoms with Gasteiger partial charge < -0.3 is 10.6 Å². The number of likely N-dealkylation sites (tertiary alicyclic amines) is 1. The molecule has 2 aromatic rings. The lowest BCUT2D eigenvalue weighted by Gasteiger charge is -2.25. The number of benzene rings is 1. The van der Waals surface area contributed by atoms with E-state index >= 15 is 0 Å². The first kappa shape index (κ1) is 13.6. The molecule has 0 spiro atoms. The van der Waals surface area contributed by atoms with E-state index in [4.69, 9.17) is 5.73 Å². The molecule has 1 aromatic carbocycles. The van der Waals surface area contributed by atoms with Crippen LogP contribution in [0.15, 0.2) is 48.8 Å². The maximum atomic E-state index is 12.6. The number of amides is 1. The highest BCUT2D eigenvalue weighted by atomic mass is 16.2. The van der Waals surface area contributed by atoms with Crippen molar-refractivity contribution >= 4 is 11.6 Å². The van der Waals surface area contributed by atoms with E-state index in [2.05, 4.69) is 4.98 Å². The zero-order chi connectivity index (χ0) is 14.7. The Labute approximate surface area is 124 Å². The average molecular weight is 281 g/mol. The fourth-order valence-corrected chi connectivity index (χ4v) is 2.94. The second-order valence-corrected chi connectivity index (χ2v) is 5.41. The summed E-state index contributed by atoms with van der Waals surface area (Å²) in [6.45, 7) is 0.811. The van der Waals surface area contributed by atoms with Gasteiger partial charge in [0.2, 0.25) is 5.91 Å². The summed E-state index contributed by atoms with van der Waals surface area (Å²) >= 11 is 0. The minimum Gasteiger partial charge on any atom is -0.398 e. The molecule has 0 bridgehead atoms. The van der Waals surface area contributed by atoms with Gasteiger partial charge in [0, 0.05) is 24.6 Å². The van der Waals surface area contributed by atoms with Crippen LogP contribution in [0.25, 0.3) is 0 Å². The monoisotopic (exact) mass is 281 g/mol. The SMILES string of the molecule is Nc1ccccc1CC(=O)N1CCCC1c1cccnc1. The molecule has 108 valence electrons. The standard InChI is InChI=1S/C17H19N3O/c18-15-7-2-1-5-13(15)11-17(21)20-10-4-8-16(20)14-6-3-9-19-12-14/h1-3,5-7,9,12,16H,4,8,10-11,18H2. The van der Waals surface area contributed by atoms with Gasteiger partial charge in [0.25, 0.3) is 0 Å². The third kappa shape index (κ3) is 2.89. The molecule has 4 heteroatoms. The van der Waals surface area contributed by atoms with Crippen LogP contribution in [0.2, 0.25) is 0 Å². The van der Waals surface area contributed by atoms with Crippen molar-refractivity contribution in [2.75, 3.05) is 12.3 Å². The Bertz CT molecular complexity index is 627. The number of anilines is 1. The molecule has 21 heavy (non-hydrogen) atoms. The molecule has 1 unspecified atom stereocenters. The summed E-state index contributed by atoms with van der Waals surface area (Å²) in [5.41, 5.74) is 8.63. The first-order chi connectivity index (χ1) is 10.3. The van der Waals surface area contributed by atoms with Gasteiger partial charge in [-0.15, -0.1) is 0 Å². The molecule has 0 aliphatic carbocycles. The molecule has 1 saturated heterocycles. The topological polar surface area (TPSA) is 59.2 Å².